The van der Waals surface area contributed by atoms with E-state index in [9.17, 15) is 14.9 Å². The van der Waals surface area contributed by atoms with Crippen LogP contribution in [-0.4, -0.2) is 17.9 Å². The van der Waals surface area contributed by atoms with E-state index < -0.39 is 5.91 Å². The van der Waals surface area contributed by atoms with Crippen LogP contribution < -0.4 is 10.2 Å². The monoisotopic (exact) mass is 433 g/mol. The Hall–Kier alpha value is -3.10. The van der Waals surface area contributed by atoms with Crippen molar-refractivity contribution in [2.45, 2.75) is 45.2 Å². The zero-order valence-electron chi connectivity index (χ0n) is 17.4. The maximum Gasteiger partial charge on any atom is 0.263 e. The Morgan fingerprint density at radius 2 is 1.87 bits per heavy atom. The molecular weight excluding hydrogens is 410 g/mol. The molecule has 1 N–H and O–H groups in total. The van der Waals surface area contributed by atoms with Gasteiger partial charge in [0.05, 0.1) is 17.8 Å². The zero-order valence-corrected chi connectivity index (χ0v) is 18.2. The van der Waals surface area contributed by atoms with E-state index >= 15 is 0 Å². The van der Waals surface area contributed by atoms with Crippen molar-refractivity contribution in [3.8, 4) is 6.07 Å². The quantitative estimate of drug-likeness (QED) is 0.552. The molecule has 6 heteroatoms. The van der Waals surface area contributed by atoms with Crippen molar-refractivity contribution in [3.05, 3.63) is 70.3 Å². The van der Waals surface area contributed by atoms with Crippen molar-refractivity contribution in [2.75, 3.05) is 4.90 Å². The van der Waals surface area contributed by atoms with Crippen molar-refractivity contribution in [1.29, 1.82) is 5.26 Å². The fourth-order valence-electron chi connectivity index (χ4n) is 4.47. The highest BCUT2D eigenvalue weighted by Crippen LogP contribution is 2.40. The van der Waals surface area contributed by atoms with Gasteiger partial charge >= 0.3 is 0 Å². The van der Waals surface area contributed by atoms with Crippen LogP contribution in [0.4, 0.5) is 5.69 Å². The number of hydrogen-bond donors (Lipinski definition) is 1. The minimum Gasteiger partial charge on any atom is -0.348 e. The molecule has 2 aromatic rings. The molecule has 5 nitrogen and oxygen atoms in total. The van der Waals surface area contributed by atoms with E-state index in [0.717, 1.165) is 31.2 Å². The van der Waals surface area contributed by atoms with Gasteiger partial charge in [0.2, 0.25) is 0 Å². The Balaban J connectivity index is 1.70. The number of nitrogens with zero attached hydrogens (tertiary/aromatic N) is 2. The summed E-state index contributed by atoms with van der Waals surface area (Å²) < 4.78 is 0. The Bertz CT molecular complexity index is 1100. The van der Waals surface area contributed by atoms with Gasteiger partial charge in [0.1, 0.15) is 11.6 Å². The fraction of sp³-hybridized carbons (Fsp3) is 0.320. The lowest BCUT2D eigenvalue weighted by Gasteiger charge is -2.29. The third kappa shape index (κ3) is 4.08. The van der Waals surface area contributed by atoms with Gasteiger partial charge in [0, 0.05) is 16.6 Å². The lowest BCUT2D eigenvalue weighted by molar-refractivity contribution is -0.119. The number of amides is 2. The smallest absolute Gasteiger partial charge is 0.263 e. The Kier molecular flexibility index (Phi) is 6.11. The summed E-state index contributed by atoms with van der Waals surface area (Å²) in [5.74, 6) is -0.477. The third-order valence-electron chi connectivity index (χ3n) is 6.23. The molecule has 1 saturated carbocycles. The zero-order chi connectivity index (χ0) is 22.0. The molecule has 0 aromatic heterocycles. The molecule has 1 aliphatic heterocycles. The molecule has 0 saturated heterocycles. The van der Waals surface area contributed by atoms with Crippen molar-refractivity contribution in [3.63, 3.8) is 0 Å². The summed E-state index contributed by atoms with van der Waals surface area (Å²) in [5.41, 5.74) is 2.10. The summed E-state index contributed by atoms with van der Waals surface area (Å²) in [7, 11) is 0. The molecule has 0 radical (unpaired) electrons. The number of para-hydroxylation sites is 1. The number of hydrogen-bond acceptors (Lipinski definition) is 3. The van der Waals surface area contributed by atoms with Crippen LogP contribution in [-0.2, 0) is 16.1 Å². The molecule has 2 unspecified atom stereocenters. The predicted molar refractivity (Wildman–Crippen MR) is 121 cm³/mol. The third-order valence-corrected chi connectivity index (χ3v) is 6.60. The molecule has 1 fully saturated rings. The van der Waals surface area contributed by atoms with Gasteiger partial charge in [-0.3, -0.25) is 9.59 Å². The van der Waals surface area contributed by atoms with Gasteiger partial charge in [-0.2, -0.15) is 5.26 Å². The number of fused-ring (bicyclic) bond motifs is 1. The number of carbonyl (C=O) groups excluding carboxylic acids is 2. The molecule has 31 heavy (non-hydrogen) atoms. The SMILES string of the molecule is CC1CCCCC1NC(=O)C(C#N)=C1C(=O)N(Cc2ccccc2Cl)c2ccccc21. The highest BCUT2D eigenvalue weighted by molar-refractivity contribution is 6.37. The lowest BCUT2D eigenvalue weighted by Crippen LogP contribution is -2.42. The number of carbonyl (C=O) groups is 2. The number of benzene rings is 2. The molecule has 0 spiro atoms. The van der Waals surface area contributed by atoms with Crippen LogP contribution in [0.3, 0.4) is 0 Å². The highest BCUT2D eigenvalue weighted by Gasteiger charge is 2.37. The second-order valence-corrected chi connectivity index (χ2v) is 8.61. The van der Waals surface area contributed by atoms with Gasteiger partial charge in [0.15, 0.2) is 0 Å². The van der Waals surface area contributed by atoms with E-state index in [1.807, 2.05) is 36.4 Å². The van der Waals surface area contributed by atoms with Crippen LogP contribution in [0.15, 0.2) is 54.1 Å². The lowest BCUT2D eigenvalue weighted by atomic mass is 9.85. The minimum atomic E-state index is -0.473. The van der Waals surface area contributed by atoms with Crippen molar-refractivity contribution < 1.29 is 9.59 Å². The first-order valence-electron chi connectivity index (χ1n) is 10.6. The maximum atomic E-state index is 13.4. The van der Waals surface area contributed by atoms with E-state index in [0.29, 0.717) is 22.2 Å². The summed E-state index contributed by atoms with van der Waals surface area (Å²) in [4.78, 5) is 28.1. The van der Waals surface area contributed by atoms with Crippen molar-refractivity contribution in [1.82, 2.24) is 5.32 Å². The average molecular weight is 434 g/mol. The first-order chi connectivity index (χ1) is 15.0. The van der Waals surface area contributed by atoms with Crippen LogP contribution in [0, 0.1) is 17.2 Å². The summed E-state index contributed by atoms with van der Waals surface area (Å²) >= 11 is 6.31. The van der Waals surface area contributed by atoms with Gasteiger partial charge in [0.25, 0.3) is 11.8 Å². The number of halogens is 1. The number of nitrogens with one attached hydrogen (secondary N) is 1. The average Bonchev–Trinajstić information content (AvgIpc) is 3.04. The van der Waals surface area contributed by atoms with E-state index in [1.165, 1.54) is 0 Å². The first kappa shape index (κ1) is 21.1. The van der Waals surface area contributed by atoms with E-state index in [2.05, 4.69) is 12.2 Å². The minimum absolute atomic E-state index is 0.0242. The van der Waals surface area contributed by atoms with Crippen LogP contribution in [0.2, 0.25) is 5.02 Å². The normalized spacial score (nSPS) is 22.0. The van der Waals surface area contributed by atoms with Crippen LogP contribution in [0.5, 0.6) is 0 Å². The Morgan fingerprint density at radius 3 is 2.61 bits per heavy atom. The molecule has 4 rings (SSSR count). The second-order valence-electron chi connectivity index (χ2n) is 8.20. The van der Waals surface area contributed by atoms with Crippen LogP contribution in [0.1, 0.15) is 43.7 Å². The number of anilines is 1. The predicted octanol–water partition coefficient (Wildman–Crippen LogP) is 4.86. The topological polar surface area (TPSA) is 73.2 Å². The molecule has 2 aliphatic rings. The molecular formula is C25H24ClN3O2. The summed E-state index contributed by atoms with van der Waals surface area (Å²) in [5, 5.41) is 13.4. The molecule has 2 atom stereocenters. The first-order valence-corrected chi connectivity index (χ1v) is 11.0. The molecule has 1 aliphatic carbocycles. The molecule has 2 aromatic carbocycles. The van der Waals surface area contributed by atoms with Crippen molar-refractivity contribution in [2.24, 2.45) is 5.92 Å². The Labute approximate surface area is 187 Å². The summed E-state index contributed by atoms with van der Waals surface area (Å²) in [6, 6.07) is 16.6. The van der Waals surface area contributed by atoms with Gasteiger partial charge in [-0.15, -0.1) is 0 Å². The van der Waals surface area contributed by atoms with Gasteiger partial charge in [-0.25, -0.2) is 0 Å². The van der Waals surface area contributed by atoms with Crippen LogP contribution >= 0.6 is 11.6 Å². The van der Waals surface area contributed by atoms with E-state index in [4.69, 9.17) is 11.6 Å². The molecule has 2 amide bonds. The fourth-order valence-corrected chi connectivity index (χ4v) is 4.66. The number of rotatable bonds is 4. The maximum absolute atomic E-state index is 13.4. The summed E-state index contributed by atoms with van der Waals surface area (Å²) in [6.07, 6.45) is 4.16. The molecule has 158 valence electrons. The second kappa shape index (κ2) is 8.95. The largest absolute Gasteiger partial charge is 0.348 e. The van der Waals surface area contributed by atoms with Gasteiger partial charge in [-0.1, -0.05) is 67.8 Å². The standard InChI is InChI=1S/C25H24ClN3O2/c1-16-8-2-6-12-21(16)28-24(30)19(14-27)23-18-10-4-7-13-22(18)29(25(23)31)15-17-9-3-5-11-20(17)26/h3-5,7,9-11,13,16,21H,2,6,8,12,15H2,1H3,(H,28,30). The summed E-state index contributed by atoms with van der Waals surface area (Å²) in [6.45, 7) is 2.38. The molecule has 0 bridgehead atoms. The highest BCUT2D eigenvalue weighted by atomic mass is 35.5. The number of nitriles is 1. The van der Waals surface area contributed by atoms with Gasteiger partial charge < -0.3 is 10.2 Å². The van der Waals surface area contributed by atoms with Crippen molar-refractivity contribution >= 4 is 34.7 Å². The van der Waals surface area contributed by atoms with Gasteiger partial charge in [-0.05, 0) is 36.5 Å². The van der Waals surface area contributed by atoms with E-state index in [1.54, 1.807) is 23.1 Å². The Morgan fingerprint density at radius 1 is 1.16 bits per heavy atom. The van der Waals surface area contributed by atoms with Crippen LogP contribution in [0.25, 0.3) is 5.57 Å². The molecule has 1 heterocycles. The van der Waals surface area contributed by atoms with E-state index in [-0.39, 0.29) is 29.6 Å².